The van der Waals surface area contributed by atoms with E-state index in [4.69, 9.17) is 15.7 Å². The maximum Gasteiger partial charge on any atom is 0.0708 e. The summed E-state index contributed by atoms with van der Waals surface area (Å²) < 4.78 is 2.33. The van der Waals surface area contributed by atoms with Gasteiger partial charge >= 0.3 is 0 Å². The van der Waals surface area contributed by atoms with E-state index in [9.17, 15) is 0 Å². The molecule has 0 amide bonds. The van der Waals surface area contributed by atoms with Crippen molar-refractivity contribution >= 4 is 27.5 Å². The van der Waals surface area contributed by atoms with Crippen LogP contribution in [-0.4, -0.2) is 14.5 Å². The largest absolute Gasteiger partial charge is 0.398 e. The Bertz CT molecular complexity index is 2550. The van der Waals surface area contributed by atoms with Gasteiger partial charge < -0.3 is 10.3 Å². The third-order valence-corrected chi connectivity index (χ3v) is 9.50. The molecule has 0 aliphatic heterocycles. The Morgan fingerprint density at radius 1 is 0.380 bits per heavy atom. The van der Waals surface area contributed by atoms with Gasteiger partial charge in [0.1, 0.15) is 0 Å². The smallest absolute Gasteiger partial charge is 0.0708 e. The number of nitrogens with zero attached hydrogens (tertiary/aromatic N) is 3. The maximum atomic E-state index is 6.63. The fraction of sp³-hybridized carbons (Fsp3) is 0. The lowest BCUT2D eigenvalue weighted by atomic mass is 9.88. The number of rotatable bonds is 6. The molecule has 0 unspecified atom stereocenters. The van der Waals surface area contributed by atoms with E-state index in [0.717, 1.165) is 67.3 Å². The lowest BCUT2D eigenvalue weighted by molar-refractivity contribution is 1.18. The fourth-order valence-electron chi connectivity index (χ4n) is 7.09. The van der Waals surface area contributed by atoms with E-state index < -0.39 is 0 Å². The summed E-state index contributed by atoms with van der Waals surface area (Å²) in [7, 11) is 0. The highest BCUT2D eigenvalue weighted by Gasteiger charge is 2.18. The Kier molecular flexibility index (Phi) is 7.25. The molecule has 0 radical (unpaired) electrons. The molecular formula is C46H32N4. The van der Waals surface area contributed by atoms with Gasteiger partial charge in [-0.05, 0) is 53.6 Å². The summed E-state index contributed by atoms with van der Waals surface area (Å²) in [6.45, 7) is 0. The lowest BCUT2D eigenvalue weighted by Crippen LogP contribution is -1.97. The van der Waals surface area contributed by atoms with Gasteiger partial charge in [-0.2, -0.15) is 0 Å². The molecule has 9 rings (SSSR count). The number of benzene rings is 6. The first kappa shape index (κ1) is 29.4. The second kappa shape index (κ2) is 12.3. The Labute approximate surface area is 290 Å². The quantitative estimate of drug-likeness (QED) is 0.184. The number of pyridine rings is 2. The van der Waals surface area contributed by atoms with Gasteiger partial charge in [-0.25, -0.2) is 0 Å². The Morgan fingerprint density at radius 3 is 1.44 bits per heavy atom. The van der Waals surface area contributed by atoms with Crippen LogP contribution in [0.25, 0.3) is 83.4 Å². The summed E-state index contributed by atoms with van der Waals surface area (Å²) in [5.74, 6) is 0. The van der Waals surface area contributed by atoms with Crippen molar-refractivity contribution in [3.63, 3.8) is 0 Å². The van der Waals surface area contributed by atoms with Crippen molar-refractivity contribution in [2.24, 2.45) is 0 Å². The van der Waals surface area contributed by atoms with Crippen molar-refractivity contribution in [2.45, 2.75) is 0 Å². The molecule has 0 bridgehead atoms. The van der Waals surface area contributed by atoms with Gasteiger partial charge in [0.25, 0.3) is 0 Å². The van der Waals surface area contributed by atoms with Gasteiger partial charge in [-0.3, -0.25) is 9.97 Å². The molecule has 3 heterocycles. The molecule has 9 aromatic rings. The number of fused-ring (bicyclic) bond motifs is 3. The SMILES string of the molecule is Nc1ccc(-c2ccc(-c3ccc(-c4ccc(-n5c6ccccc6c6ccccc65)cc4)nc3)cn2)c(-c2ccccc2)c1-c1ccccc1. The first-order chi connectivity index (χ1) is 24.7. The minimum Gasteiger partial charge on any atom is -0.398 e. The van der Waals surface area contributed by atoms with Crippen LogP contribution in [0.3, 0.4) is 0 Å². The molecule has 4 heteroatoms. The van der Waals surface area contributed by atoms with Crippen LogP contribution in [0.5, 0.6) is 0 Å². The van der Waals surface area contributed by atoms with E-state index in [2.05, 4.69) is 144 Å². The summed E-state index contributed by atoms with van der Waals surface area (Å²) in [4.78, 5) is 9.82. The zero-order valence-electron chi connectivity index (χ0n) is 27.2. The average molecular weight is 641 g/mol. The molecule has 0 spiro atoms. The van der Waals surface area contributed by atoms with Crippen LogP contribution < -0.4 is 5.73 Å². The van der Waals surface area contributed by atoms with Crippen LogP contribution in [0, 0.1) is 0 Å². The van der Waals surface area contributed by atoms with Crippen molar-refractivity contribution in [1.82, 2.24) is 14.5 Å². The minimum atomic E-state index is 0.739. The monoisotopic (exact) mass is 640 g/mol. The third kappa shape index (κ3) is 5.11. The van der Waals surface area contributed by atoms with Crippen molar-refractivity contribution in [3.05, 3.63) is 182 Å². The van der Waals surface area contributed by atoms with Crippen molar-refractivity contribution < 1.29 is 0 Å². The van der Waals surface area contributed by atoms with E-state index in [1.54, 1.807) is 0 Å². The van der Waals surface area contributed by atoms with Crippen molar-refractivity contribution in [3.8, 4) is 61.6 Å². The topological polar surface area (TPSA) is 56.7 Å². The van der Waals surface area contributed by atoms with Crippen LogP contribution in [0.2, 0.25) is 0 Å². The predicted octanol–water partition coefficient (Wildman–Crippen LogP) is 11.5. The highest BCUT2D eigenvalue weighted by molar-refractivity contribution is 6.09. The van der Waals surface area contributed by atoms with Crippen LogP contribution in [0.1, 0.15) is 0 Å². The molecule has 4 nitrogen and oxygen atoms in total. The molecule has 0 saturated heterocycles. The average Bonchev–Trinajstić information content (AvgIpc) is 3.53. The molecule has 0 fully saturated rings. The summed E-state index contributed by atoms with van der Waals surface area (Å²) in [5, 5.41) is 2.52. The van der Waals surface area contributed by atoms with Gasteiger partial charge in [0.15, 0.2) is 0 Å². The summed E-state index contributed by atoms with van der Waals surface area (Å²) >= 11 is 0. The van der Waals surface area contributed by atoms with E-state index in [1.807, 2.05) is 42.7 Å². The third-order valence-electron chi connectivity index (χ3n) is 9.50. The van der Waals surface area contributed by atoms with Gasteiger partial charge in [0.05, 0.1) is 22.4 Å². The molecule has 6 aromatic carbocycles. The van der Waals surface area contributed by atoms with Crippen molar-refractivity contribution in [1.29, 1.82) is 0 Å². The zero-order chi connectivity index (χ0) is 33.4. The molecule has 0 aliphatic carbocycles. The van der Waals surface area contributed by atoms with Crippen LogP contribution >= 0.6 is 0 Å². The second-order valence-corrected chi connectivity index (χ2v) is 12.5. The number of nitrogen functional groups attached to an aromatic ring is 1. The first-order valence-electron chi connectivity index (χ1n) is 16.8. The van der Waals surface area contributed by atoms with Gasteiger partial charge in [-0.1, -0.05) is 127 Å². The summed E-state index contributed by atoms with van der Waals surface area (Å²) in [6, 6.07) is 59.0. The number of nitrogens with two attached hydrogens (primary N) is 1. The van der Waals surface area contributed by atoms with Crippen LogP contribution in [-0.2, 0) is 0 Å². The maximum absolute atomic E-state index is 6.63. The van der Waals surface area contributed by atoms with E-state index in [0.29, 0.717) is 0 Å². The Balaban J connectivity index is 1.02. The molecule has 3 aromatic heterocycles. The molecule has 0 saturated carbocycles. The summed E-state index contributed by atoms with van der Waals surface area (Å²) in [5.41, 5.74) is 21.1. The number of hydrogen-bond donors (Lipinski definition) is 1. The highest BCUT2D eigenvalue weighted by atomic mass is 15.0. The molecular weight excluding hydrogens is 609 g/mol. The standard InChI is InChI=1S/C46H32N4/c47-40-26-25-39(45(32-11-3-1-4-12-32)46(40)33-13-5-2-6-14-33)42-28-22-35(30-49-42)34-21-27-41(48-29-34)31-19-23-36(24-20-31)50-43-17-9-7-15-37(43)38-16-8-10-18-44(38)50/h1-30H,47H2. The zero-order valence-corrected chi connectivity index (χ0v) is 27.2. The van der Waals surface area contributed by atoms with Gasteiger partial charge in [-0.15, -0.1) is 0 Å². The fourth-order valence-corrected chi connectivity index (χ4v) is 7.09. The first-order valence-corrected chi connectivity index (χ1v) is 16.8. The number of anilines is 1. The van der Waals surface area contributed by atoms with Crippen molar-refractivity contribution in [2.75, 3.05) is 5.73 Å². The van der Waals surface area contributed by atoms with E-state index >= 15 is 0 Å². The molecule has 0 atom stereocenters. The lowest BCUT2D eigenvalue weighted by Gasteiger charge is -2.18. The normalized spacial score (nSPS) is 11.3. The molecule has 50 heavy (non-hydrogen) atoms. The number of aromatic nitrogens is 3. The van der Waals surface area contributed by atoms with Gasteiger partial charge in [0.2, 0.25) is 0 Å². The van der Waals surface area contributed by atoms with Crippen LogP contribution in [0.4, 0.5) is 5.69 Å². The summed E-state index contributed by atoms with van der Waals surface area (Å²) in [6.07, 6.45) is 3.86. The molecule has 236 valence electrons. The number of hydrogen-bond acceptors (Lipinski definition) is 3. The molecule has 2 N–H and O–H groups in total. The van der Waals surface area contributed by atoms with Gasteiger partial charge in [0, 0.05) is 67.9 Å². The van der Waals surface area contributed by atoms with E-state index in [-0.39, 0.29) is 0 Å². The highest BCUT2D eigenvalue weighted by Crippen LogP contribution is 2.43. The predicted molar refractivity (Wildman–Crippen MR) is 208 cm³/mol. The van der Waals surface area contributed by atoms with E-state index in [1.165, 1.54) is 21.8 Å². The second-order valence-electron chi connectivity index (χ2n) is 12.5. The number of para-hydroxylation sites is 2. The Hall–Kier alpha value is -6.78. The minimum absolute atomic E-state index is 0.739. The van der Waals surface area contributed by atoms with Crippen LogP contribution in [0.15, 0.2) is 182 Å². The molecule has 0 aliphatic rings. The Morgan fingerprint density at radius 2 is 0.880 bits per heavy atom.